The van der Waals surface area contributed by atoms with Crippen LogP contribution in [-0.2, 0) is 23.2 Å². The van der Waals surface area contributed by atoms with Crippen LogP contribution in [0.2, 0.25) is 0 Å². The molecule has 26 heavy (non-hydrogen) atoms. The number of halogens is 3. The molecule has 0 aromatic carbocycles. The zero-order valence-corrected chi connectivity index (χ0v) is 14.9. The summed E-state index contributed by atoms with van der Waals surface area (Å²) >= 11 is 0. The Balaban J connectivity index is 2.10. The van der Waals surface area contributed by atoms with Gasteiger partial charge in [0.2, 0.25) is 0 Å². The molecular weight excluding hydrogens is 375 g/mol. The van der Waals surface area contributed by atoms with E-state index in [1.54, 1.807) is 19.9 Å². The van der Waals surface area contributed by atoms with Crippen LogP contribution in [0.15, 0.2) is 11.2 Å². The maximum atomic E-state index is 13.2. The number of hydrogen-bond acceptors (Lipinski definition) is 6. The number of nitrogens with one attached hydrogen (secondary N) is 1. The summed E-state index contributed by atoms with van der Waals surface area (Å²) in [5.41, 5.74) is -0.832. The molecule has 0 bridgehead atoms. The van der Waals surface area contributed by atoms with Gasteiger partial charge in [-0.3, -0.25) is 9.40 Å². The highest BCUT2D eigenvalue weighted by Crippen LogP contribution is 2.37. The Morgan fingerprint density at radius 1 is 1.12 bits per heavy atom. The zero-order chi connectivity index (χ0) is 19.4. The van der Waals surface area contributed by atoms with Crippen LogP contribution in [0, 0.1) is 20.8 Å². The third-order valence-electron chi connectivity index (χ3n) is 3.57. The Morgan fingerprint density at radius 3 is 2.38 bits per heavy atom. The first kappa shape index (κ1) is 18.1. The van der Waals surface area contributed by atoms with Crippen LogP contribution in [0.5, 0.6) is 0 Å². The molecule has 0 radical (unpaired) electrons. The highest BCUT2D eigenvalue weighted by Gasteiger charge is 2.40. The van der Waals surface area contributed by atoms with Crippen molar-refractivity contribution in [3.05, 3.63) is 28.8 Å². The summed E-state index contributed by atoms with van der Waals surface area (Å²) < 4.78 is 68.4. The fourth-order valence-corrected chi connectivity index (χ4v) is 3.54. The second-order valence-electron chi connectivity index (χ2n) is 5.68. The molecule has 0 spiro atoms. The van der Waals surface area contributed by atoms with Gasteiger partial charge in [-0.25, -0.2) is 9.50 Å². The van der Waals surface area contributed by atoms with Gasteiger partial charge in [-0.1, -0.05) is 0 Å². The SMILES string of the molecule is Cc1cc(C)n2nc(S(=O)(=O)Nc3c(C)nn(C)c3C(F)(F)F)nc2n1. The van der Waals surface area contributed by atoms with Gasteiger partial charge < -0.3 is 0 Å². The van der Waals surface area contributed by atoms with E-state index in [0.29, 0.717) is 16.1 Å². The minimum Gasteiger partial charge on any atom is -0.273 e. The van der Waals surface area contributed by atoms with Crippen LogP contribution >= 0.6 is 0 Å². The van der Waals surface area contributed by atoms with Gasteiger partial charge in [-0.15, -0.1) is 5.10 Å². The van der Waals surface area contributed by atoms with E-state index < -0.39 is 32.7 Å². The maximum Gasteiger partial charge on any atom is 0.435 e. The number of alkyl halides is 3. The number of rotatable bonds is 3. The molecular formula is C13H14F3N7O2S. The van der Waals surface area contributed by atoms with Crippen molar-refractivity contribution < 1.29 is 21.6 Å². The van der Waals surface area contributed by atoms with Gasteiger partial charge in [0, 0.05) is 18.4 Å². The number of sulfonamides is 1. The first-order valence-corrected chi connectivity index (χ1v) is 8.73. The molecule has 0 unspecified atom stereocenters. The second-order valence-corrected chi connectivity index (χ2v) is 7.26. The van der Waals surface area contributed by atoms with E-state index in [0.717, 1.165) is 7.05 Å². The van der Waals surface area contributed by atoms with Gasteiger partial charge in [-0.05, 0) is 26.8 Å². The molecule has 0 saturated heterocycles. The third-order valence-corrected chi connectivity index (χ3v) is 4.69. The number of aromatic nitrogens is 6. The van der Waals surface area contributed by atoms with Gasteiger partial charge in [0.15, 0.2) is 5.69 Å². The van der Waals surface area contributed by atoms with Crippen LogP contribution in [0.4, 0.5) is 18.9 Å². The van der Waals surface area contributed by atoms with E-state index >= 15 is 0 Å². The van der Waals surface area contributed by atoms with Crippen molar-refractivity contribution in [1.82, 2.24) is 29.4 Å². The topological polar surface area (TPSA) is 107 Å². The summed E-state index contributed by atoms with van der Waals surface area (Å²) in [6, 6.07) is 1.67. The Hall–Kier alpha value is -2.70. The largest absolute Gasteiger partial charge is 0.435 e. The van der Waals surface area contributed by atoms with Crippen molar-refractivity contribution in [1.29, 1.82) is 0 Å². The molecule has 140 valence electrons. The van der Waals surface area contributed by atoms with Gasteiger partial charge >= 0.3 is 6.18 Å². The minimum absolute atomic E-state index is 0.0295. The second kappa shape index (κ2) is 5.65. The fourth-order valence-electron chi connectivity index (χ4n) is 2.55. The lowest BCUT2D eigenvalue weighted by Crippen LogP contribution is -2.19. The molecule has 0 saturated carbocycles. The van der Waals surface area contributed by atoms with E-state index in [-0.39, 0.29) is 11.5 Å². The van der Waals surface area contributed by atoms with Gasteiger partial charge in [0.05, 0.1) is 5.69 Å². The summed E-state index contributed by atoms with van der Waals surface area (Å²) in [7, 11) is -3.41. The van der Waals surface area contributed by atoms with E-state index in [4.69, 9.17) is 0 Å². The summed E-state index contributed by atoms with van der Waals surface area (Å²) in [4.78, 5) is 7.87. The van der Waals surface area contributed by atoms with Crippen LogP contribution in [0.25, 0.3) is 5.78 Å². The minimum atomic E-state index is -4.80. The fraction of sp³-hybridized carbons (Fsp3) is 0.385. The highest BCUT2D eigenvalue weighted by atomic mass is 32.2. The monoisotopic (exact) mass is 389 g/mol. The molecule has 9 nitrogen and oxygen atoms in total. The van der Waals surface area contributed by atoms with Crippen LogP contribution in [-0.4, -0.2) is 37.8 Å². The molecule has 0 fully saturated rings. The number of anilines is 1. The first-order chi connectivity index (χ1) is 11.9. The van der Waals surface area contributed by atoms with E-state index in [9.17, 15) is 21.6 Å². The predicted octanol–water partition coefficient (Wildman–Crippen LogP) is 1.60. The van der Waals surface area contributed by atoms with Crippen molar-refractivity contribution >= 4 is 21.5 Å². The molecule has 0 atom stereocenters. The maximum absolute atomic E-state index is 13.2. The Morgan fingerprint density at radius 2 is 1.77 bits per heavy atom. The average molecular weight is 389 g/mol. The van der Waals surface area contributed by atoms with E-state index in [1.165, 1.54) is 11.4 Å². The smallest absolute Gasteiger partial charge is 0.273 e. The molecule has 3 heterocycles. The van der Waals surface area contributed by atoms with E-state index in [2.05, 4.69) is 20.2 Å². The number of aryl methyl sites for hydroxylation is 4. The quantitative estimate of drug-likeness (QED) is 0.729. The van der Waals surface area contributed by atoms with Crippen molar-refractivity contribution in [3.8, 4) is 0 Å². The Labute approximate surface area is 145 Å². The standard InChI is InChI=1S/C13H14F3N7O2S/c1-6-5-7(2)23-11(17-6)18-12(20-23)26(24,25)21-9-8(3)19-22(4)10(9)13(14,15)16/h5,21H,1-4H3. The van der Waals surface area contributed by atoms with Crippen molar-refractivity contribution in [2.75, 3.05) is 4.72 Å². The summed E-state index contributed by atoms with van der Waals surface area (Å²) in [6.45, 7) is 4.63. The summed E-state index contributed by atoms with van der Waals surface area (Å²) in [5, 5.41) is 6.78. The van der Waals surface area contributed by atoms with Crippen LogP contribution in [0.3, 0.4) is 0 Å². The highest BCUT2D eigenvalue weighted by molar-refractivity contribution is 7.92. The Bertz CT molecular complexity index is 1120. The predicted molar refractivity (Wildman–Crippen MR) is 84.0 cm³/mol. The Kier molecular flexibility index (Phi) is 3.94. The van der Waals surface area contributed by atoms with Gasteiger partial charge in [-0.2, -0.15) is 31.7 Å². The third kappa shape index (κ3) is 2.98. The molecule has 1 N–H and O–H groups in total. The number of fused-ring (bicyclic) bond motifs is 1. The van der Waals surface area contributed by atoms with E-state index in [1.807, 2.05) is 4.72 Å². The average Bonchev–Trinajstić information content (AvgIpc) is 3.00. The lowest BCUT2D eigenvalue weighted by molar-refractivity contribution is -0.143. The molecule has 0 aliphatic heterocycles. The summed E-state index contributed by atoms with van der Waals surface area (Å²) in [6.07, 6.45) is -4.80. The number of nitrogens with zero attached hydrogens (tertiary/aromatic N) is 6. The van der Waals surface area contributed by atoms with Gasteiger partial charge in [0.25, 0.3) is 21.0 Å². The molecule has 0 amide bonds. The van der Waals surface area contributed by atoms with Crippen molar-refractivity contribution in [2.24, 2.45) is 7.05 Å². The van der Waals surface area contributed by atoms with Gasteiger partial charge in [0.1, 0.15) is 5.69 Å². The molecule has 3 rings (SSSR count). The molecule has 0 aliphatic rings. The molecule has 0 aliphatic carbocycles. The van der Waals surface area contributed by atoms with Crippen molar-refractivity contribution in [3.63, 3.8) is 0 Å². The van der Waals surface area contributed by atoms with Crippen molar-refractivity contribution in [2.45, 2.75) is 32.1 Å². The first-order valence-electron chi connectivity index (χ1n) is 7.25. The lowest BCUT2D eigenvalue weighted by atomic mass is 10.3. The lowest BCUT2D eigenvalue weighted by Gasteiger charge is -2.11. The van der Waals surface area contributed by atoms with Crippen LogP contribution in [0.1, 0.15) is 22.8 Å². The molecule has 3 aromatic rings. The normalized spacial score (nSPS) is 12.7. The zero-order valence-electron chi connectivity index (χ0n) is 14.1. The molecule has 13 heteroatoms. The number of hydrogen-bond donors (Lipinski definition) is 1. The molecule has 3 aromatic heterocycles. The van der Waals surface area contributed by atoms with Crippen LogP contribution < -0.4 is 4.72 Å². The summed E-state index contributed by atoms with van der Waals surface area (Å²) in [5.74, 6) is 0.0295.